The fraction of sp³-hybridized carbons (Fsp3) is 0.579. The standard InChI is InChI=1S/C19H28N2O4/c1-15(2)25-17(22)8-11-20-18(23)21-14-19(9-12-24-13-10-19)16-6-4-3-5-7-16/h3-7,15H,8-14H2,1-2H3,(H2,20,21,23). The Labute approximate surface area is 149 Å². The van der Waals surface area contributed by atoms with E-state index in [1.54, 1.807) is 13.8 Å². The van der Waals surface area contributed by atoms with Crippen LogP contribution in [0, 0.1) is 0 Å². The smallest absolute Gasteiger partial charge is 0.314 e. The van der Waals surface area contributed by atoms with Gasteiger partial charge in [0.15, 0.2) is 0 Å². The largest absolute Gasteiger partial charge is 0.463 e. The lowest BCUT2D eigenvalue weighted by molar-refractivity contribution is -0.147. The highest BCUT2D eigenvalue weighted by molar-refractivity contribution is 5.75. The van der Waals surface area contributed by atoms with E-state index in [4.69, 9.17) is 9.47 Å². The predicted octanol–water partition coefficient (Wildman–Crippen LogP) is 2.38. The van der Waals surface area contributed by atoms with Crippen molar-refractivity contribution in [3.05, 3.63) is 35.9 Å². The molecule has 0 bridgehead atoms. The molecule has 1 aliphatic rings. The molecule has 1 aromatic carbocycles. The number of amides is 2. The molecule has 6 nitrogen and oxygen atoms in total. The monoisotopic (exact) mass is 348 g/mol. The van der Waals surface area contributed by atoms with E-state index < -0.39 is 0 Å². The van der Waals surface area contributed by atoms with Crippen molar-refractivity contribution in [2.45, 2.75) is 44.6 Å². The number of rotatable bonds is 7. The molecule has 2 amide bonds. The third-order valence-electron chi connectivity index (χ3n) is 4.41. The van der Waals surface area contributed by atoms with Gasteiger partial charge in [-0.2, -0.15) is 0 Å². The summed E-state index contributed by atoms with van der Waals surface area (Å²) >= 11 is 0. The number of ether oxygens (including phenoxy) is 2. The van der Waals surface area contributed by atoms with E-state index in [2.05, 4.69) is 22.8 Å². The average molecular weight is 348 g/mol. The fourth-order valence-corrected chi connectivity index (χ4v) is 3.03. The van der Waals surface area contributed by atoms with Crippen LogP contribution in [0.1, 0.15) is 38.7 Å². The summed E-state index contributed by atoms with van der Waals surface area (Å²) in [5, 5.41) is 5.66. The van der Waals surface area contributed by atoms with Crippen molar-refractivity contribution in [1.82, 2.24) is 10.6 Å². The number of hydrogen-bond donors (Lipinski definition) is 2. The molecular formula is C19H28N2O4. The van der Waals surface area contributed by atoms with Crippen LogP contribution in [-0.2, 0) is 19.7 Å². The lowest BCUT2D eigenvalue weighted by Gasteiger charge is -2.38. The number of carbonyl (C=O) groups excluding carboxylic acids is 2. The third-order valence-corrected chi connectivity index (χ3v) is 4.41. The Morgan fingerprint density at radius 2 is 1.84 bits per heavy atom. The maximum atomic E-state index is 12.1. The summed E-state index contributed by atoms with van der Waals surface area (Å²) in [7, 11) is 0. The molecule has 0 unspecified atom stereocenters. The zero-order chi connectivity index (χ0) is 18.1. The maximum absolute atomic E-state index is 12.1. The second-order valence-corrected chi connectivity index (χ2v) is 6.66. The van der Waals surface area contributed by atoms with Gasteiger partial charge in [-0.15, -0.1) is 0 Å². The Balaban J connectivity index is 1.82. The molecule has 0 aliphatic carbocycles. The molecule has 1 fully saturated rings. The van der Waals surface area contributed by atoms with Gasteiger partial charge >= 0.3 is 12.0 Å². The van der Waals surface area contributed by atoms with Gasteiger partial charge in [-0.05, 0) is 32.3 Å². The van der Waals surface area contributed by atoms with Crippen molar-refractivity contribution in [2.75, 3.05) is 26.3 Å². The van der Waals surface area contributed by atoms with E-state index >= 15 is 0 Å². The molecule has 1 aromatic rings. The van der Waals surface area contributed by atoms with Crippen LogP contribution in [0.5, 0.6) is 0 Å². The first-order valence-corrected chi connectivity index (χ1v) is 8.86. The zero-order valence-electron chi connectivity index (χ0n) is 15.0. The van der Waals surface area contributed by atoms with E-state index in [1.807, 2.05) is 18.2 Å². The Bertz CT molecular complexity index is 554. The molecule has 1 heterocycles. The lowest BCUT2D eigenvalue weighted by atomic mass is 9.74. The SMILES string of the molecule is CC(C)OC(=O)CCNC(=O)NCC1(c2ccccc2)CCOCC1. The summed E-state index contributed by atoms with van der Waals surface area (Å²) in [5.41, 5.74) is 1.12. The topological polar surface area (TPSA) is 76.7 Å². The number of nitrogens with one attached hydrogen (secondary N) is 2. The first-order valence-electron chi connectivity index (χ1n) is 8.86. The molecule has 2 N–H and O–H groups in total. The van der Waals surface area contributed by atoms with Crippen molar-refractivity contribution in [3.63, 3.8) is 0 Å². The quantitative estimate of drug-likeness (QED) is 0.742. The Morgan fingerprint density at radius 3 is 2.48 bits per heavy atom. The maximum Gasteiger partial charge on any atom is 0.314 e. The van der Waals surface area contributed by atoms with E-state index in [9.17, 15) is 9.59 Å². The van der Waals surface area contributed by atoms with E-state index in [0.717, 1.165) is 12.8 Å². The van der Waals surface area contributed by atoms with Crippen molar-refractivity contribution < 1.29 is 19.1 Å². The molecule has 1 saturated heterocycles. The summed E-state index contributed by atoms with van der Waals surface area (Å²) in [6.45, 7) is 5.80. The molecule has 138 valence electrons. The van der Waals surface area contributed by atoms with Gasteiger partial charge in [-0.3, -0.25) is 4.79 Å². The summed E-state index contributed by atoms with van der Waals surface area (Å²) in [4.78, 5) is 23.5. The van der Waals surface area contributed by atoms with Crippen LogP contribution in [-0.4, -0.2) is 44.4 Å². The number of carbonyl (C=O) groups is 2. The minimum atomic E-state index is -0.305. The van der Waals surface area contributed by atoms with E-state index in [-0.39, 0.29) is 36.5 Å². The first kappa shape index (κ1) is 19.2. The summed E-state index contributed by atoms with van der Waals surface area (Å²) in [5.74, 6) is -0.305. The van der Waals surface area contributed by atoms with Gasteiger partial charge in [0, 0.05) is 31.7 Å². The normalized spacial score (nSPS) is 16.3. The van der Waals surface area contributed by atoms with Gasteiger partial charge < -0.3 is 20.1 Å². The van der Waals surface area contributed by atoms with Crippen LogP contribution < -0.4 is 10.6 Å². The highest BCUT2D eigenvalue weighted by Gasteiger charge is 2.34. The van der Waals surface area contributed by atoms with Crippen molar-refractivity contribution in [2.24, 2.45) is 0 Å². The predicted molar refractivity (Wildman–Crippen MR) is 95.4 cm³/mol. The Kier molecular flexibility index (Phi) is 7.25. The highest BCUT2D eigenvalue weighted by Crippen LogP contribution is 2.34. The number of urea groups is 1. The van der Waals surface area contributed by atoms with Crippen molar-refractivity contribution in [1.29, 1.82) is 0 Å². The molecule has 0 radical (unpaired) electrons. The van der Waals surface area contributed by atoms with Crippen LogP contribution in [0.15, 0.2) is 30.3 Å². The minimum Gasteiger partial charge on any atom is -0.463 e. The number of benzene rings is 1. The number of esters is 1. The molecule has 0 saturated carbocycles. The summed E-state index contributed by atoms with van der Waals surface area (Å²) < 4.78 is 10.5. The van der Waals surface area contributed by atoms with Gasteiger partial charge in [0.25, 0.3) is 0 Å². The molecule has 25 heavy (non-hydrogen) atoms. The highest BCUT2D eigenvalue weighted by atomic mass is 16.5. The lowest BCUT2D eigenvalue weighted by Crippen LogP contribution is -2.47. The molecule has 0 atom stereocenters. The average Bonchev–Trinajstić information content (AvgIpc) is 2.61. The van der Waals surface area contributed by atoms with E-state index in [0.29, 0.717) is 19.8 Å². The van der Waals surface area contributed by atoms with Gasteiger partial charge in [-0.1, -0.05) is 30.3 Å². The van der Waals surface area contributed by atoms with Crippen molar-refractivity contribution in [3.8, 4) is 0 Å². The fourth-order valence-electron chi connectivity index (χ4n) is 3.03. The Hall–Kier alpha value is -2.08. The van der Waals surface area contributed by atoms with Gasteiger partial charge in [0.05, 0.1) is 12.5 Å². The molecule has 1 aliphatic heterocycles. The zero-order valence-corrected chi connectivity index (χ0v) is 15.0. The van der Waals surface area contributed by atoms with Gasteiger partial charge in [0.2, 0.25) is 0 Å². The van der Waals surface area contributed by atoms with Crippen LogP contribution >= 0.6 is 0 Å². The molecule has 6 heteroatoms. The molecular weight excluding hydrogens is 320 g/mol. The second-order valence-electron chi connectivity index (χ2n) is 6.66. The third kappa shape index (κ3) is 6.05. The molecule has 2 rings (SSSR count). The van der Waals surface area contributed by atoms with Crippen LogP contribution in [0.2, 0.25) is 0 Å². The van der Waals surface area contributed by atoms with Gasteiger partial charge in [0.1, 0.15) is 0 Å². The van der Waals surface area contributed by atoms with Gasteiger partial charge in [-0.25, -0.2) is 4.79 Å². The minimum absolute atomic E-state index is 0.104. The van der Waals surface area contributed by atoms with Crippen LogP contribution in [0.25, 0.3) is 0 Å². The van der Waals surface area contributed by atoms with Crippen LogP contribution in [0.3, 0.4) is 0 Å². The first-order chi connectivity index (χ1) is 12.0. The van der Waals surface area contributed by atoms with E-state index in [1.165, 1.54) is 5.56 Å². The number of hydrogen-bond acceptors (Lipinski definition) is 4. The molecule has 0 aromatic heterocycles. The molecule has 0 spiro atoms. The summed E-state index contributed by atoms with van der Waals surface area (Å²) in [6, 6.07) is 9.98. The Morgan fingerprint density at radius 1 is 1.16 bits per heavy atom. The van der Waals surface area contributed by atoms with Crippen molar-refractivity contribution >= 4 is 12.0 Å². The summed E-state index contributed by atoms with van der Waals surface area (Å²) in [6.07, 6.45) is 1.78. The van der Waals surface area contributed by atoms with Crippen LogP contribution in [0.4, 0.5) is 4.79 Å². The second kappa shape index (κ2) is 9.42.